The van der Waals surface area contributed by atoms with Crippen molar-refractivity contribution in [2.45, 2.75) is 51.3 Å². The van der Waals surface area contributed by atoms with Crippen molar-refractivity contribution in [2.75, 3.05) is 7.11 Å². The van der Waals surface area contributed by atoms with E-state index in [9.17, 15) is 18.4 Å². The molecule has 1 saturated heterocycles. The van der Waals surface area contributed by atoms with Crippen LogP contribution in [0.4, 0.5) is 13.6 Å². The maximum atomic E-state index is 14.3. The highest BCUT2D eigenvalue weighted by atomic mass is 19.1. The zero-order valence-corrected chi connectivity index (χ0v) is 15.3. The van der Waals surface area contributed by atoms with E-state index in [-0.39, 0.29) is 5.56 Å². The molecule has 1 amide bonds. The second-order valence-corrected chi connectivity index (χ2v) is 7.10. The molecule has 7 heteroatoms. The Bertz CT molecular complexity index is 712. The van der Waals surface area contributed by atoms with Gasteiger partial charge in [0, 0.05) is 11.6 Å². The van der Waals surface area contributed by atoms with Gasteiger partial charge in [-0.05, 0) is 51.8 Å². The fraction of sp³-hybridized carbons (Fsp3) is 0.474. The van der Waals surface area contributed by atoms with E-state index in [1.807, 2.05) is 0 Å². The van der Waals surface area contributed by atoms with Gasteiger partial charge in [0.2, 0.25) is 0 Å². The second-order valence-electron chi connectivity index (χ2n) is 7.10. The quantitative estimate of drug-likeness (QED) is 0.595. The number of amides is 1. The molecule has 1 aliphatic heterocycles. The van der Waals surface area contributed by atoms with E-state index in [0.29, 0.717) is 12.8 Å². The summed E-state index contributed by atoms with van der Waals surface area (Å²) in [5.74, 6) is -1.74. The Labute approximate surface area is 151 Å². The van der Waals surface area contributed by atoms with Gasteiger partial charge in [0.05, 0.1) is 19.2 Å². The van der Waals surface area contributed by atoms with Crippen LogP contribution in [0.3, 0.4) is 0 Å². The number of carbonyl (C=O) groups is 2. The first kappa shape index (κ1) is 19.9. The number of rotatable bonds is 3. The summed E-state index contributed by atoms with van der Waals surface area (Å²) < 4.78 is 37.9. The molecule has 0 aromatic heterocycles. The average Bonchev–Trinajstić information content (AvgIpc) is 2.97. The summed E-state index contributed by atoms with van der Waals surface area (Å²) in [6.45, 7) is 5.16. The molecule has 0 spiro atoms. The van der Waals surface area contributed by atoms with Crippen LogP contribution in [0, 0.1) is 11.6 Å². The van der Waals surface area contributed by atoms with Crippen molar-refractivity contribution in [3.63, 3.8) is 0 Å². The Morgan fingerprint density at radius 1 is 1.23 bits per heavy atom. The molecule has 5 nitrogen and oxygen atoms in total. The van der Waals surface area contributed by atoms with Crippen LogP contribution in [-0.2, 0) is 14.3 Å². The number of nitrogens with zero attached hydrogens (tertiary/aromatic N) is 1. The third-order valence-corrected chi connectivity index (χ3v) is 4.01. The molecule has 0 radical (unpaired) electrons. The molecule has 0 unspecified atom stereocenters. The molecule has 1 heterocycles. The molecular formula is C19H23F2NO4. The molecule has 1 aliphatic rings. The van der Waals surface area contributed by atoms with Crippen LogP contribution in [0.2, 0.25) is 0 Å². The Kier molecular flexibility index (Phi) is 6.00. The van der Waals surface area contributed by atoms with Gasteiger partial charge >= 0.3 is 12.1 Å². The van der Waals surface area contributed by atoms with Crippen molar-refractivity contribution in [3.05, 3.63) is 47.5 Å². The molecule has 0 aliphatic carbocycles. The number of esters is 1. The van der Waals surface area contributed by atoms with Gasteiger partial charge in [-0.1, -0.05) is 6.08 Å². The van der Waals surface area contributed by atoms with Gasteiger partial charge in [-0.2, -0.15) is 0 Å². The van der Waals surface area contributed by atoms with Crippen LogP contribution in [0.15, 0.2) is 30.4 Å². The Morgan fingerprint density at radius 2 is 1.92 bits per heavy atom. The van der Waals surface area contributed by atoms with Gasteiger partial charge in [0.25, 0.3) is 0 Å². The lowest BCUT2D eigenvalue weighted by Gasteiger charge is -2.32. The van der Waals surface area contributed by atoms with E-state index >= 15 is 0 Å². The number of methoxy groups -OCH3 is 1. The fourth-order valence-corrected chi connectivity index (χ4v) is 2.94. The van der Waals surface area contributed by atoms with Crippen LogP contribution in [-0.4, -0.2) is 35.7 Å². The summed E-state index contributed by atoms with van der Waals surface area (Å²) >= 11 is 0. The smallest absolute Gasteiger partial charge is 0.411 e. The van der Waals surface area contributed by atoms with Crippen molar-refractivity contribution < 1.29 is 27.8 Å². The maximum Gasteiger partial charge on any atom is 0.411 e. The third-order valence-electron chi connectivity index (χ3n) is 4.01. The van der Waals surface area contributed by atoms with Gasteiger partial charge in [-0.15, -0.1) is 0 Å². The molecule has 0 saturated carbocycles. The highest BCUT2D eigenvalue weighted by molar-refractivity contribution is 5.82. The molecule has 1 aromatic rings. The number of hydrogen-bond acceptors (Lipinski definition) is 4. The van der Waals surface area contributed by atoms with Crippen LogP contribution in [0.25, 0.3) is 0 Å². The summed E-state index contributed by atoms with van der Waals surface area (Å²) in [6, 6.07) is 1.98. The van der Waals surface area contributed by atoms with Crippen molar-refractivity contribution in [1.29, 1.82) is 0 Å². The lowest BCUT2D eigenvalue weighted by Crippen LogP contribution is -2.40. The topological polar surface area (TPSA) is 55.8 Å². The Morgan fingerprint density at radius 3 is 2.54 bits per heavy atom. The minimum absolute atomic E-state index is 0.0878. The van der Waals surface area contributed by atoms with E-state index < -0.39 is 41.4 Å². The summed E-state index contributed by atoms with van der Waals surface area (Å²) in [6.07, 6.45) is 2.98. The first-order chi connectivity index (χ1) is 12.1. The van der Waals surface area contributed by atoms with Crippen LogP contribution in [0.1, 0.15) is 45.2 Å². The van der Waals surface area contributed by atoms with Gasteiger partial charge in [-0.25, -0.2) is 18.4 Å². The molecule has 26 heavy (non-hydrogen) atoms. The van der Waals surface area contributed by atoms with Crippen molar-refractivity contribution in [2.24, 2.45) is 0 Å². The lowest BCUT2D eigenvalue weighted by atomic mass is 10.0. The Hall–Kier alpha value is -2.44. The van der Waals surface area contributed by atoms with E-state index in [0.717, 1.165) is 18.2 Å². The standard InChI is InChI=1S/C19H23F2NO4/c1-19(2,3)26-18(24)22-13(7-10-17(23)25-4)6-9-16(22)14-11-12(20)5-8-15(14)21/h5,7-8,10-11,13,16H,6,9H2,1-4H3/b10-7+/t13-,16+/m1/s1. The summed E-state index contributed by atoms with van der Waals surface area (Å²) in [4.78, 5) is 25.4. The van der Waals surface area contributed by atoms with Gasteiger partial charge in [0.15, 0.2) is 0 Å². The molecule has 0 N–H and O–H groups in total. The van der Waals surface area contributed by atoms with E-state index in [1.54, 1.807) is 20.8 Å². The largest absolute Gasteiger partial charge is 0.466 e. The monoisotopic (exact) mass is 367 g/mol. The number of ether oxygens (including phenoxy) is 2. The van der Waals surface area contributed by atoms with Crippen LogP contribution in [0.5, 0.6) is 0 Å². The molecule has 1 aromatic carbocycles. The zero-order valence-electron chi connectivity index (χ0n) is 15.3. The normalized spacial score (nSPS) is 20.5. The molecule has 1 fully saturated rings. The van der Waals surface area contributed by atoms with Gasteiger partial charge in [0.1, 0.15) is 17.2 Å². The van der Waals surface area contributed by atoms with Crippen molar-refractivity contribution in [3.8, 4) is 0 Å². The summed E-state index contributed by atoms with van der Waals surface area (Å²) in [5.41, 5.74) is -0.661. The molecule has 0 bridgehead atoms. The summed E-state index contributed by atoms with van der Waals surface area (Å²) in [5, 5.41) is 0. The SMILES string of the molecule is COC(=O)/C=C/[C@H]1CC[C@@H](c2cc(F)ccc2F)N1C(=O)OC(C)(C)C. The molecule has 2 atom stereocenters. The highest BCUT2D eigenvalue weighted by Gasteiger charge is 2.40. The molecule has 2 rings (SSSR count). The highest BCUT2D eigenvalue weighted by Crippen LogP contribution is 2.39. The first-order valence-electron chi connectivity index (χ1n) is 8.35. The second kappa shape index (κ2) is 7.85. The predicted molar refractivity (Wildman–Crippen MR) is 91.4 cm³/mol. The first-order valence-corrected chi connectivity index (χ1v) is 8.35. The number of benzene rings is 1. The number of likely N-dealkylation sites (tertiary alicyclic amines) is 1. The fourth-order valence-electron chi connectivity index (χ4n) is 2.94. The van der Waals surface area contributed by atoms with Gasteiger partial charge in [-0.3, -0.25) is 4.90 Å². The lowest BCUT2D eigenvalue weighted by molar-refractivity contribution is -0.134. The number of carbonyl (C=O) groups excluding carboxylic acids is 2. The average molecular weight is 367 g/mol. The summed E-state index contributed by atoms with van der Waals surface area (Å²) in [7, 11) is 1.25. The van der Waals surface area contributed by atoms with Crippen LogP contribution >= 0.6 is 0 Å². The van der Waals surface area contributed by atoms with E-state index in [2.05, 4.69) is 4.74 Å². The zero-order chi connectivity index (χ0) is 19.5. The molecule has 142 valence electrons. The van der Waals surface area contributed by atoms with E-state index in [1.165, 1.54) is 24.2 Å². The number of hydrogen-bond donors (Lipinski definition) is 0. The minimum Gasteiger partial charge on any atom is -0.466 e. The van der Waals surface area contributed by atoms with Crippen LogP contribution < -0.4 is 0 Å². The molecular weight excluding hydrogens is 344 g/mol. The number of halogens is 2. The third kappa shape index (κ3) is 4.80. The Balaban J connectivity index is 2.37. The van der Waals surface area contributed by atoms with E-state index in [4.69, 9.17) is 4.74 Å². The van der Waals surface area contributed by atoms with Crippen molar-refractivity contribution in [1.82, 2.24) is 4.90 Å². The van der Waals surface area contributed by atoms with Crippen molar-refractivity contribution >= 4 is 12.1 Å². The predicted octanol–water partition coefficient (Wildman–Crippen LogP) is 4.13. The minimum atomic E-state index is -0.749. The van der Waals surface area contributed by atoms with Gasteiger partial charge < -0.3 is 9.47 Å². The maximum absolute atomic E-state index is 14.3.